The van der Waals surface area contributed by atoms with E-state index in [4.69, 9.17) is 10.5 Å². The van der Waals surface area contributed by atoms with Crippen molar-refractivity contribution < 1.29 is 9.84 Å². The van der Waals surface area contributed by atoms with E-state index in [2.05, 4.69) is 23.2 Å². The summed E-state index contributed by atoms with van der Waals surface area (Å²) in [7, 11) is 0. The van der Waals surface area contributed by atoms with Gasteiger partial charge < -0.3 is 15.6 Å². The van der Waals surface area contributed by atoms with E-state index < -0.39 is 0 Å². The molecule has 1 aliphatic carbocycles. The number of ether oxygens (including phenoxy) is 1. The van der Waals surface area contributed by atoms with Crippen LogP contribution < -0.4 is 20.9 Å². The van der Waals surface area contributed by atoms with Crippen LogP contribution in [0.25, 0.3) is 23.4 Å². The highest BCUT2D eigenvalue weighted by atomic mass is 16.5. The fraction of sp³-hybridized carbons (Fsp3) is 0.381. The quantitative estimate of drug-likeness (QED) is 0.795. The molecule has 0 unspecified atom stereocenters. The van der Waals surface area contributed by atoms with Crippen molar-refractivity contribution in [3.8, 4) is 22.8 Å². The third-order valence-electron chi connectivity index (χ3n) is 4.46. The number of fused-ring (bicyclic) bond motifs is 1. The molecule has 0 saturated carbocycles. The number of hydrogen-bond donors (Lipinski definition) is 2. The van der Waals surface area contributed by atoms with Crippen molar-refractivity contribution >= 4 is 12.2 Å². The zero-order valence-electron chi connectivity index (χ0n) is 15.0. The van der Waals surface area contributed by atoms with Crippen LogP contribution in [-0.4, -0.2) is 23.2 Å². The fourth-order valence-electron chi connectivity index (χ4n) is 3.19. The highest BCUT2D eigenvalue weighted by Gasteiger charge is 2.16. The van der Waals surface area contributed by atoms with Crippen LogP contribution in [0.5, 0.6) is 11.5 Å². The van der Waals surface area contributed by atoms with Crippen LogP contribution in [-0.2, 0) is 0 Å². The lowest BCUT2D eigenvalue weighted by Gasteiger charge is -2.17. The van der Waals surface area contributed by atoms with Gasteiger partial charge in [0.1, 0.15) is 11.5 Å². The Morgan fingerprint density at radius 1 is 1.16 bits per heavy atom. The lowest BCUT2D eigenvalue weighted by molar-refractivity contribution is 0.306. The minimum absolute atomic E-state index is 0.168. The van der Waals surface area contributed by atoms with Crippen molar-refractivity contribution in [1.29, 1.82) is 0 Å². The molecule has 0 radical (unpaired) electrons. The summed E-state index contributed by atoms with van der Waals surface area (Å²) in [4.78, 5) is 4.58. The normalized spacial score (nSPS) is 13.1. The lowest BCUT2D eigenvalue weighted by Crippen LogP contribution is -2.27. The molecule has 1 aliphatic rings. The Morgan fingerprint density at radius 2 is 1.92 bits per heavy atom. The first-order chi connectivity index (χ1) is 12.1. The molecule has 4 nitrogen and oxygen atoms in total. The van der Waals surface area contributed by atoms with Crippen molar-refractivity contribution in [2.75, 3.05) is 13.2 Å². The summed E-state index contributed by atoms with van der Waals surface area (Å²) in [6.45, 7) is 5.22. The third-order valence-corrected chi connectivity index (χ3v) is 4.46. The zero-order chi connectivity index (χ0) is 17.8. The SMILES string of the molecule is CC(C)c1c(O)cc(-c2cc3c(cn2)=CCCC=3)cc1OCCCN. The molecule has 2 aromatic rings. The number of benzene rings is 1. The van der Waals surface area contributed by atoms with Gasteiger partial charge >= 0.3 is 0 Å². The smallest absolute Gasteiger partial charge is 0.127 e. The number of pyridine rings is 1. The summed E-state index contributed by atoms with van der Waals surface area (Å²) in [5, 5.41) is 12.9. The Kier molecular flexibility index (Phi) is 5.39. The highest BCUT2D eigenvalue weighted by molar-refractivity contribution is 5.67. The minimum atomic E-state index is 0.168. The molecule has 1 aromatic heterocycles. The van der Waals surface area contributed by atoms with Crippen molar-refractivity contribution in [3.63, 3.8) is 0 Å². The zero-order valence-corrected chi connectivity index (χ0v) is 15.0. The van der Waals surface area contributed by atoms with E-state index in [0.717, 1.165) is 36.1 Å². The molecule has 25 heavy (non-hydrogen) atoms. The van der Waals surface area contributed by atoms with Gasteiger partial charge in [-0.1, -0.05) is 26.0 Å². The molecule has 0 bridgehead atoms. The topological polar surface area (TPSA) is 68.4 Å². The van der Waals surface area contributed by atoms with Crippen LogP contribution in [0, 0.1) is 0 Å². The van der Waals surface area contributed by atoms with Gasteiger partial charge in [-0.15, -0.1) is 0 Å². The van der Waals surface area contributed by atoms with Gasteiger partial charge in [0.05, 0.1) is 12.3 Å². The Bertz CT molecular complexity index is 872. The first-order valence-corrected chi connectivity index (χ1v) is 8.96. The first-order valence-electron chi connectivity index (χ1n) is 8.96. The number of nitrogens with two attached hydrogens (primary N) is 1. The van der Waals surface area contributed by atoms with Gasteiger partial charge in [0, 0.05) is 17.3 Å². The van der Waals surface area contributed by atoms with Gasteiger partial charge in [-0.3, -0.25) is 4.98 Å². The van der Waals surface area contributed by atoms with Crippen LogP contribution in [0.4, 0.5) is 0 Å². The van der Waals surface area contributed by atoms with Crippen molar-refractivity contribution in [1.82, 2.24) is 4.98 Å². The Morgan fingerprint density at radius 3 is 2.64 bits per heavy atom. The number of phenols is 1. The molecule has 1 aromatic carbocycles. The maximum absolute atomic E-state index is 10.6. The van der Waals surface area contributed by atoms with Crippen molar-refractivity contribution in [3.05, 3.63) is 40.4 Å². The molecule has 0 aliphatic heterocycles. The number of hydrogen-bond acceptors (Lipinski definition) is 4. The summed E-state index contributed by atoms with van der Waals surface area (Å²) in [6, 6.07) is 5.84. The molecule has 4 heteroatoms. The van der Waals surface area contributed by atoms with Crippen LogP contribution >= 0.6 is 0 Å². The predicted molar refractivity (Wildman–Crippen MR) is 102 cm³/mol. The standard InChI is InChI=1S/C21H26N2O2/c1-14(2)21-19(24)11-17(12-20(21)25-9-5-8-22)18-10-15-6-3-4-7-16(15)13-23-18/h6-7,10-14,24H,3-5,8-9,22H2,1-2H3. The maximum Gasteiger partial charge on any atom is 0.127 e. The van der Waals surface area contributed by atoms with Gasteiger partial charge in [0.2, 0.25) is 0 Å². The predicted octanol–water partition coefficient (Wildman–Crippen LogP) is 2.66. The molecule has 0 saturated heterocycles. The molecule has 0 spiro atoms. The van der Waals surface area contributed by atoms with Gasteiger partial charge in [-0.05, 0) is 60.4 Å². The second-order valence-corrected chi connectivity index (χ2v) is 6.74. The maximum atomic E-state index is 10.6. The van der Waals surface area contributed by atoms with Crippen LogP contribution in [0.1, 0.15) is 44.6 Å². The van der Waals surface area contributed by atoms with E-state index in [9.17, 15) is 5.11 Å². The number of phenolic OH excluding ortho intramolecular Hbond substituents is 1. The van der Waals surface area contributed by atoms with Gasteiger partial charge in [-0.2, -0.15) is 0 Å². The number of aromatic hydroxyl groups is 1. The molecule has 132 valence electrons. The molecule has 3 rings (SSSR count). The van der Waals surface area contributed by atoms with Gasteiger partial charge in [-0.25, -0.2) is 0 Å². The Hall–Kier alpha value is -2.33. The van der Waals surface area contributed by atoms with E-state index in [1.54, 1.807) is 6.07 Å². The van der Waals surface area contributed by atoms with Gasteiger partial charge in [0.15, 0.2) is 0 Å². The second-order valence-electron chi connectivity index (χ2n) is 6.74. The fourth-order valence-corrected chi connectivity index (χ4v) is 3.19. The molecule has 0 fully saturated rings. The molecule has 1 heterocycles. The molecular formula is C21H26N2O2. The van der Waals surface area contributed by atoms with Crippen LogP contribution in [0.2, 0.25) is 0 Å². The summed E-state index contributed by atoms with van der Waals surface area (Å²) in [5.41, 5.74) is 8.11. The third kappa shape index (κ3) is 3.85. The second kappa shape index (κ2) is 7.70. The van der Waals surface area contributed by atoms with E-state index in [1.807, 2.05) is 26.1 Å². The lowest BCUT2D eigenvalue weighted by atomic mass is 9.97. The average molecular weight is 338 g/mol. The molecule has 0 amide bonds. The average Bonchev–Trinajstić information content (AvgIpc) is 2.60. The minimum Gasteiger partial charge on any atom is -0.507 e. The summed E-state index contributed by atoms with van der Waals surface area (Å²) < 4.78 is 5.91. The molecule has 0 atom stereocenters. The Labute approximate surface area is 148 Å². The number of rotatable bonds is 6. The highest BCUT2D eigenvalue weighted by Crippen LogP contribution is 2.38. The number of nitrogens with zero attached hydrogens (tertiary/aromatic N) is 1. The molecule has 3 N–H and O–H groups in total. The van der Waals surface area contributed by atoms with Gasteiger partial charge in [0.25, 0.3) is 0 Å². The van der Waals surface area contributed by atoms with E-state index in [-0.39, 0.29) is 11.7 Å². The van der Waals surface area contributed by atoms with Crippen LogP contribution in [0.15, 0.2) is 24.4 Å². The van der Waals surface area contributed by atoms with E-state index >= 15 is 0 Å². The Balaban J connectivity index is 2.05. The monoisotopic (exact) mass is 338 g/mol. The first kappa shape index (κ1) is 17.5. The van der Waals surface area contributed by atoms with Crippen molar-refractivity contribution in [2.45, 2.75) is 39.0 Å². The number of aromatic nitrogens is 1. The van der Waals surface area contributed by atoms with Crippen LogP contribution in [0.3, 0.4) is 0 Å². The van der Waals surface area contributed by atoms with Crippen molar-refractivity contribution in [2.24, 2.45) is 5.73 Å². The summed E-state index contributed by atoms with van der Waals surface area (Å²) in [5.74, 6) is 1.14. The summed E-state index contributed by atoms with van der Waals surface area (Å²) >= 11 is 0. The van der Waals surface area contributed by atoms with E-state index in [1.165, 1.54) is 10.4 Å². The molecular weight excluding hydrogens is 312 g/mol. The summed E-state index contributed by atoms with van der Waals surface area (Å²) in [6.07, 6.45) is 9.26. The van der Waals surface area contributed by atoms with E-state index in [0.29, 0.717) is 18.9 Å². The largest absolute Gasteiger partial charge is 0.507 e.